The Bertz CT molecular complexity index is 364. The molecule has 3 unspecified atom stereocenters. The maximum absolute atomic E-state index is 6.29. The number of hydrogen-bond acceptors (Lipinski definition) is 2. The van der Waals surface area contributed by atoms with Crippen molar-refractivity contribution in [1.29, 1.82) is 0 Å². The fraction of sp³-hybridized carbons (Fsp3) is 0.625. The van der Waals surface area contributed by atoms with E-state index in [-0.39, 0.29) is 6.04 Å². The van der Waals surface area contributed by atoms with Gasteiger partial charge in [-0.3, -0.25) is 0 Å². The second kappa shape index (κ2) is 5.41. The predicted octanol–water partition coefficient (Wildman–Crippen LogP) is 2.29. The quantitative estimate of drug-likeness (QED) is 0.880. The minimum Gasteiger partial charge on any atom is -0.326 e. The lowest BCUT2D eigenvalue weighted by molar-refractivity contribution is 0.289. The Labute approximate surface area is 110 Å². The largest absolute Gasteiger partial charge is 0.326 e. The maximum Gasteiger partial charge on any atom is 0.0208 e. The Morgan fingerprint density at radius 3 is 2.44 bits per heavy atom. The second-order valence-corrected chi connectivity index (χ2v) is 6.12. The standard InChI is InChI=1S/C16H24N2/c17-16(9-13-5-2-1-3-6-13)12-18-10-14-7-4-8-15(14)11-18/h1-3,5-6,14-16H,4,7-12,17H2. The Kier molecular flexibility index (Phi) is 3.67. The van der Waals surface area contributed by atoms with E-state index < -0.39 is 0 Å². The molecule has 0 aromatic heterocycles. The van der Waals surface area contributed by atoms with Gasteiger partial charge in [-0.25, -0.2) is 0 Å². The van der Waals surface area contributed by atoms with Gasteiger partial charge in [0.05, 0.1) is 0 Å². The van der Waals surface area contributed by atoms with Crippen LogP contribution in [0.2, 0.25) is 0 Å². The Morgan fingerprint density at radius 2 is 1.78 bits per heavy atom. The molecule has 0 bridgehead atoms. The molecule has 1 aliphatic heterocycles. The molecule has 98 valence electrons. The first kappa shape index (κ1) is 12.2. The molecule has 2 aliphatic rings. The van der Waals surface area contributed by atoms with E-state index in [1.165, 1.54) is 37.9 Å². The van der Waals surface area contributed by atoms with E-state index in [0.29, 0.717) is 0 Å². The average Bonchev–Trinajstić information content (AvgIpc) is 2.90. The van der Waals surface area contributed by atoms with Crippen LogP contribution in [0.1, 0.15) is 24.8 Å². The highest BCUT2D eigenvalue weighted by Gasteiger charge is 2.36. The molecule has 0 amide bonds. The van der Waals surface area contributed by atoms with Crippen molar-refractivity contribution in [2.24, 2.45) is 17.6 Å². The second-order valence-electron chi connectivity index (χ2n) is 6.12. The molecular formula is C16H24N2. The molecule has 2 heteroatoms. The lowest BCUT2D eigenvalue weighted by atomic mass is 10.0. The number of fused-ring (bicyclic) bond motifs is 1. The lowest BCUT2D eigenvalue weighted by Gasteiger charge is -2.21. The van der Waals surface area contributed by atoms with Crippen LogP contribution in [0.3, 0.4) is 0 Å². The molecule has 3 rings (SSSR count). The Morgan fingerprint density at radius 1 is 1.11 bits per heavy atom. The van der Waals surface area contributed by atoms with E-state index >= 15 is 0 Å². The van der Waals surface area contributed by atoms with Crippen LogP contribution in [-0.2, 0) is 6.42 Å². The summed E-state index contributed by atoms with van der Waals surface area (Å²) in [7, 11) is 0. The molecule has 3 atom stereocenters. The third-order valence-electron chi connectivity index (χ3n) is 4.64. The third-order valence-corrected chi connectivity index (χ3v) is 4.64. The summed E-state index contributed by atoms with van der Waals surface area (Å²) < 4.78 is 0. The summed E-state index contributed by atoms with van der Waals surface area (Å²) in [6.07, 6.45) is 5.37. The SMILES string of the molecule is NC(Cc1ccccc1)CN1CC2CCCC2C1. The highest BCUT2D eigenvalue weighted by molar-refractivity contribution is 5.15. The predicted molar refractivity (Wildman–Crippen MR) is 75.4 cm³/mol. The molecule has 2 N–H and O–H groups in total. The zero-order chi connectivity index (χ0) is 12.4. The number of benzene rings is 1. The zero-order valence-electron chi connectivity index (χ0n) is 11.1. The van der Waals surface area contributed by atoms with E-state index in [4.69, 9.17) is 5.73 Å². The van der Waals surface area contributed by atoms with Gasteiger partial charge in [0, 0.05) is 25.7 Å². The van der Waals surface area contributed by atoms with E-state index in [9.17, 15) is 0 Å². The first-order valence-electron chi connectivity index (χ1n) is 7.33. The lowest BCUT2D eigenvalue weighted by Crippen LogP contribution is -2.38. The number of rotatable bonds is 4. The molecule has 1 aromatic carbocycles. The van der Waals surface area contributed by atoms with Crippen molar-refractivity contribution in [3.8, 4) is 0 Å². The summed E-state index contributed by atoms with van der Waals surface area (Å²) in [5.74, 6) is 1.96. The van der Waals surface area contributed by atoms with Crippen LogP contribution < -0.4 is 5.73 Å². The number of nitrogens with zero attached hydrogens (tertiary/aromatic N) is 1. The average molecular weight is 244 g/mol. The number of likely N-dealkylation sites (tertiary alicyclic amines) is 1. The summed E-state index contributed by atoms with van der Waals surface area (Å²) >= 11 is 0. The van der Waals surface area contributed by atoms with E-state index in [1.807, 2.05) is 0 Å². The fourth-order valence-electron chi connectivity index (χ4n) is 3.79. The highest BCUT2D eigenvalue weighted by Crippen LogP contribution is 2.37. The van der Waals surface area contributed by atoms with Gasteiger partial charge in [0.1, 0.15) is 0 Å². The smallest absolute Gasteiger partial charge is 0.0208 e. The highest BCUT2D eigenvalue weighted by atomic mass is 15.2. The summed E-state index contributed by atoms with van der Waals surface area (Å²) in [5, 5.41) is 0. The molecule has 2 fully saturated rings. The van der Waals surface area contributed by atoms with E-state index in [0.717, 1.165) is 24.8 Å². The fourth-order valence-corrected chi connectivity index (χ4v) is 3.79. The summed E-state index contributed by atoms with van der Waals surface area (Å²) in [4.78, 5) is 2.60. The first-order valence-corrected chi connectivity index (χ1v) is 7.33. The van der Waals surface area contributed by atoms with Crippen LogP contribution in [0.5, 0.6) is 0 Å². The van der Waals surface area contributed by atoms with Crippen molar-refractivity contribution in [3.63, 3.8) is 0 Å². The van der Waals surface area contributed by atoms with E-state index in [1.54, 1.807) is 0 Å². The molecule has 1 aromatic rings. The summed E-state index contributed by atoms with van der Waals surface area (Å²) in [6, 6.07) is 10.9. The van der Waals surface area contributed by atoms with Crippen molar-refractivity contribution < 1.29 is 0 Å². The van der Waals surface area contributed by atoms with Gasteiger partial charge in [-0.1, -0.05) is 36.8 Å². The Balaban J connectivity index is 1.48. The van der Waals surface area contributed by atoms with Gasteiger partial charge < -0.3 is 10.6 Å². The van der Waals surface area contributed by atoms with Crippen molar-refractivity contribution in [2.75, 3.05) is 19.6 Å². The molecule has 1 heterocycles. The van der Waals surface area contributed by atoms with E-state index in [2.05, 4.69) is 35.2 Å². The van der Waals surface area contributed by atoms with Crippen LogP contribution in [0.4, 0.5) is 0 Å². The van der Waals surface area contributed by atoms with Gasteiger partial charge >= 0.3 is 0 Å². The maximum atomic E-state index is 6.29. The number of nitrogens with two attached hydrogens (primary N) is 1. The van der Waals surface area contributed by atoms with Crippen LogP contribution in [-0.4, -0.2) is 30.6 Å². The molecule has 1 aliphatic carbocycles. The summed E-state index contributed by atoms with van der Waals surface area (Å²) in [5.41, 5.74) is 7.66. The van der Waals surface area contributed by atoms with Crippen LogP contribution >= 0.6 is 0 Å². The van der Waals surface area contributed by atoms with Crippen molar-refractivity contribution >= 4 is 0 Å². The minimum absolute atomic E-state index is 0.284. The normalized spacial score (nSPS) is 29.4. The minimum atomic E-state index is 0.284. The van der Waals surface area contributed by atoms with Gasteiger partial charge in [-0.05, 0) is 36.7 Å². The van der Waals surface area contributed by atoms with Gasteiger partial charge in [-0.2, -0.15) is 0 Å². The monoisotopic (exact) mass is 244 g/mol. The van der Waals surface area contributed by atoms with Crippen molar-refractivity contribution in [1.82, 2.24) is 4.90 Å². The van der Waals surface area contributed by atoms with Crippen LogP contribution in [0.15, 0.2) is 30.3 Å². The van der Waals surface area contributed by atoms with Gasteiger partial charge in [0.25, 0.3) is 0 Å². The zero-order valence-corrected chi connectivity index (χ0v) is 11.1. The van der Waals surface area contributed by atoms with Crippen LogP contribution in [0.25, 0.3) is 0 Å². The molecular weight excluding hydrogens is 220 g/mol. The van der Waals surface area contributed by atoms with Crippen molar-refractivity contribution in [3.05, 3.63) is 35.9 Å². The topological polar surface area (TPSA) is 29.3 Å². The molecule has 0 radical (unpaired) electrons. The van der Waals surface area contributed by atoms with Crippen LogP contribution in [0, 0.1) is 11.8 Å². The first-order chi connectivity index (χ1) is 8.81. The third kappa shape index (κ3) is 2.76. The van der Waals surface area contributed by atoms with Gasteiger partial charge in [0.2, 0.25) is 0 Å². The summed E-state index contributed by atoms with van der Waals surface area (Å²) in [6.45, 7) is 3.67. The molecule has 1 saturated heterocycles. The number of hydrogen-bond donors (Lipinski definition) is 1. The molecule has 1 saturated carbocycles. The van der Waals surface area contributed by atoms with Gasteiger partial charge in [-0.15, -0.1) is 0 Å². The van der Waals surface area contributed by atoms with Gasteiger partial charge in [0.15, 0.2) is 0 Å². The molecule has 18 heavy (non-hydrogen) atoms. The Hall–Kier alpha value is -0.860. The molecule has 0 spiro atoms. The molecule has 2 nitrogen and oxygen atoms in total. The van der Waals surface area contributed by atoms with Crippen molar-refractivity contribution in [2.45, 2.75) is 31.7 Å².